The number of benzene rings is 1. The molecule has 0 spiro atoms. The monoisotopic (exact) mass is 292 g/mol. The van der Waals surface area contributed by atoms with Gasteiger partial charge in [0.15, 0.2) is 0 Å². The Kier molecular flexibility index (Phi) is 5.88. The first kappa shape index (κ1) is 16.1. The molecule has 2 rings (SSSR count). The molecule has 4 nitrogen and oxygen atoms in total. The Labute approximate surface area is 128 Å². The van der Waals surface area contributed by atoms with Gasteiger partial charge in [0.25, 0.3) is 0 Å². The third kappa shape index (κ3) is 3.89. The number of rotatable bonds is 8. The normalized spacial score (nSPS) is 16.6. The number of nitrogens with zero attached hydrogens (tertiary/aromatic N) is 1. The third-order valence-corrected chi connectivity index (χ3v) is 4.43. The largest absolute Gasteiger partial charge is 0.497 e. The van der Waals surface area contributed by atoms with Gasteiger partial charge in [0.05, 0.1) is 14.2 Å². The van der Waals surface area contributed by atoms with Crippen molar-refractivity contribution in [2.75, 3.05) is 34.4 Å². The van der Waals surface area contributed by atoms with Gasteiger partial charge in [-0.15, -0.1) is 0 Å². The molecule has 0 aliphatic heterocycles. The summed E-state index contributed by atoms with van der Waals surface area (Å²) in [4.78, 5) is 2.47. The second-order valence-corrected chi connectivity index (χ2v) is 5.74. The summed E-state index contributed by atoms with van der Waals surface area (Å²) in [5.74, 6) is 1.80. The van der Waals surface area contributed by atoms with E-state index in [1.165, 1.54) is 24.8 Å². The van der Waals surface area contributed by atoms with E-state index < -0.39 is 0 Å². The molecule has 0 saturated heterocycles. The molecule has 0 amide bonds. The Morgan fingerprint density at radius 2 is 2.05 bits per heavy atom. The first-order chi connectivity index (χ1) is 10.2. The maximum atomic E-state index is 5.54. The van der Waals surface area contributed by atoms with E-state index in [2.05, 4.69) is 30.3 Å². The fourth-order valence-electron chi connectivity index (χ4n) is 2.90. The second-order valence-electron chi connectivity index (χ2n) is 5.74. The summed E-state index contributed by atoms with van der Waals surface area (Å²) in [6.07, 6.45) is 4.01. The molecule has 1 N–H and O–H groups in total. The fraction of sp³-hybridized carbons (Fsp3) is 0.647. The lowest BCUT2D eigenvalue weighted by Crippen LogP contribution is -2.42. The molecule has 1 fully saturated rings. The summed E-state index contributed by atoms with van der Waals surface area (Å²) >= 11 is 0. The molecule has 0 radical (unpaired) electrons. The van der Waals surface area contributed by atoms with Crippen LogP contribution in [0.15, 0.2) is 18.2 Å². The quantitative estimate of drug-likeness (QED) is 0.799. The standard InChI is InChI=1S/C17H28N2O2/c1-5-18-16(12-19(2)13-7-6-8-13)15-11-14(20-3)9-10-17(15)21-4/h9-11,13,16,18H,5-8,12H2,1-4H3. The first-order valence-corrected chi connectivity index (χ1v) is 7.85. The molecule has 1 aliphatic rings. The zero-order valence-corrected chi connectivity index (χ0v) is 13.7. The van der Waals surface area contributed by atoms with Crippen molar-refractivity contribution in [1.82, 2.24) is 10.2 Å². The maximum Gasteiger partial charge on any atom is 0.123 e. The SMILES string of the molecule is CCNC(CN(C)C1CCC1)c1cc(OC)ccc1OC. The highest BCUT2D eigenvalue weighted by Crippen LogP contribution is 2.31. The van der Waals surface area contributed by atoms with E-state index in [9.17, 15) is 0 Å². The van der Waals surface area contributed by atoms with Crippen LogP contribution in [-0.2, 0) is 0 Å². The molecular formula is C17H28N2O2. The molecule has 21 heavy (non-hydrogen) atoms. The molecular weight excluding hydrogens is 264 g/mol. The molecule has 0 bridgehead atoms. The number of ether oxygens (including phenoxy) is 2. The van der Waals surface area contributed by atoms with E-state index in [1.807, 2.05) is 12.1 Å². The molecule has 1 aromatic rings. The highest BCUT2D eigenvalue weighted by atomic mass is 16.5. The van der Waals surface area contributed by atoms with Gasteiger partial charge in [-0.25, -0.2) is 0 Å². The van der Waals surface area contributed by atoms with Crippen molar-refractivity contribution >= 4 is 0 Å². The van der Waals surface area contributed by atoms with Crippen LogP contribution < -0.4 is 14.8 Å². The maximum absolute atomic E-state index is 5.54. The van der Waals surface area contributed by atoms with Crippen molar-refractivity contribution in [3.63, 3.8) is 0 Å². The molecule has 118 valence electrons. The fourth-order valence-corrected chi connectivity index (χ4v) is 2.90. The van der Waals surface area contributed by atoms with Gasteiger partial charge in [0, 0.05) is 24.2 Å². The Hall–Kier alpha value is -1.26. The predicted octanol–water partition coefficient (Wildman–Crippen LogP) is 2.84. The summed E-state index contributed by atoms with van der Waals surface area (Å²) in [6.45, 7) is 4.06. The molecule has 1 aromatic carbocycles. The van der Waals surface area contributed by atoms with Crippen LogP contribution in [0.2, 0.25) is 0 Å². The minimum atomic E-state index is 0.255. The van der Waals surface area contributed by atoms with Crippen LogP contribution in [0.1, 0.15) is 37.8 Å². The van der Waals surface area contributed by atoms with E-state index in [4.69, 9.17) is 9.47 Å². The Balaban J connectivity index is 2.18. The van der Waals surface area contributed by atoms with E-state index >= 15 is 0 Å². The third-order valence-electron chi connectivity index (χ3n) is 4.43. The van der Waals surface area contributed by atoms with Gasteiger partial charge >= 0.3 is 0 Å². The highest BCUT2D eigenvalue weighted by Gasteiger charge is 2.25. The van der Waals surface area contributed by atoms with Gasteiger partial charge in [-0.05, 0) is 44.6 Å². The molecule has 1 saturated carbocycles. The van der Waals surface area contributed by atoms with Crippen LogP contribution in [0.25, 0.3) is 0 Å². The summed E-state index contributed by atoms with van der Waals surface area (Å²) in [6, 6.07) is 7.01. The zero-order chi connectivity index (χ0) is 15.2. The van der Waals surface area contributed by atoms with Gasteiger partial charge in [0.1, 0.15) is 11.5 Å². The molecule has 1 atom stereocenters. The van der Waals surface area contributed by atoms with Crippen molar-refractivity contribution in [2.45, 2.75) is 38.3 Å². The highest BCUT2D eigenvalue weighted by molar-refractivity contribution is 5.42. The van der Waals surface area contributed by atoms with E-state index in [0.717, 1.165) is 30.6 Å². The Bertz CT molecular complexity index is 446. The molecule has 0 heterocycles. The van der Waals surface area contributed by atoms with Crippen LogP contribution in [-0.4, -0.2) is 45.3 Å². The number of methoxy groups -OCH3 is 2. The van der Waals surface area contributed by atoms with Crippen LogP contribution in [0.5, 0.6) is 11.5 Å². The lowest BCUT2D eigenvalue weighted by Gasteiger charge is -2.37. The Morgan fingerprint density at radius 1 is 1.29 bits per heavy atom. The van der Waals surface area contributed by atoms with Crippen LogP contribution >= 0.6 is 0 Å². The van der Waals surface area contributed by atoms with E-state index in [0.29, 0.717) is 0 Å². The molecule has 1 aliphatic carbocycles. The van der Waals surface area contributed by atoms with Gasteiger partial charge in [-0.1, -0.05) is 13.3 Å². The van der Waals surface area contributed by atoms with Gasteiger partial charge < -0.3 is 19.7 Å². The van der Waals surface area contributed by atoms with Crippen LogP contribution in [0.4, 0.5) is 0 Å². The van der Waals surface area contributed by atoms with E-state index in [1.54, 1.807) is 14.2 Å². The number of hydrogen-bond acceptors (Lipinski definition) is 4. The zero-order valence-electron chi connectivity index (χ0n) is 13.7. The van der Waals surface area contributed by atoms with Crippen molar-refractivity contribution in [3.8, 4) is 11.5 Å². The van der Waals surface area contributed by atoms with Crippen LogP contribution in [0, 0.1) is 0 Å². The topological polar surface area (TPSA) is 33.7 Å². The average molecular weight is 292 g/mol. The lowest BCUT2D eigenvalue weighted by atomic mass is 9.91. The minimum Gasteiger partial charge on any atom is -0.497 e. The van der Waals surface area contributed by atoms with Gasteiger partial charge in [-0.3, -0.25) is 0 Å². The number of likely N-dealkylation sites (N-methyl/N-ethyl adjacent to an activating group) is 2. The average Bonchev–Trinajstić information content (AvgIpc) is 2.44. The molecule has 4 heteroatoms. The van der Waals surface area contributed by atoms with Gasteiger partial charge in [0.2, 0.25) is 0 Å². The lowest BCUT2D eigenvalue weighted by molar-refractivity contribution is 0.145. The number of nitrogens with one attached hydrogen (secondary N) is 1. The Morgan fingerprint density at radius 3 is 2.57 bits per heavy atom. The summed E-state index contributed by atoms with van der Waals surface area (Å²) in [7, 11) is 5.65. The van der Waals surface area contributed by atoms with Crippen molar-refractivity contribution in [3.05, 3.63) is 23.8 Å². The predicted molar refractivity (Wildman–Crippen MR) is 86.2 cm³/mol. The first-order valence-electron chi connectivity index (χ1n) is 7.85. The summed E-state index contributed by atoms with van der Waals surface area (Å²) < 4.78 is 10.9. The summed E-state index contributed by atoms with van der Waals surface area (Å²) in [5, 5.41) is 3.58. The van der Waals surface area contributed by atoms with E-state index in [-0.39, 0.29) is 6.04 Å². The van der Waals surface area contributed by atoms with Crippen molar-refractivity contribution in [2.24, 2.45) is 0 Å². The smallest absolute Gasteiger partial charge is 0.123 e. The van der Waals surface area contributed by atoms with Gasteiger partial charge in [-0.2, -0.15) is 0 Å². The molecule has 1 unspecified atom stereocenters. The summed E-state index contributed by atoms with van der Waals surface area (Å²) in [5.41, 5.74) is 1.17. The molecule has 0 aromatic heterocycles. The van der Waals surface area contributed by atoms with Crippen molar-refractivity contribution in [1.29, 1.82) is 0 Å². The van der Waals surface area contributed by atoms with Crippen molar-refractivity contribution < 1.29 is 9.47 Å². The second kappa shape index (κ2) is 7.66. The minimum absolute atomic E-state index is 0.255. The van der Waals surface area contributed by atoms with Crippen LogP contribution in [0.3, 0.4) is 0 Å². The number of hydrogen-bond donors (Lipinski definition) is 1.